The standard InChI is InChI=1S/C6H12N2O4.Na.H/c9-5(10)3-7-1-2-8-4-6(11)12;;/h7-8H,1-4H2,(H,9,10)(H,11,12);;/q;+1;-1. The summed E-state index contributed by atoms with van der Waals surface area (Å²) < 4.78 is 0. The predicted molar refractivity (Wildman–Crippen MR) is 42.1 cm³/mol. The smallest absolute Gasteiger partial charge is 1.00 e. The molecular weight excluding hydrogens is 187 g/mol. The van der Waals surface area contributed by atoms with E-state index in [1.807, 2.05) is 0 Å². The van der Waals surface area contributed by atoms with Gasteiger partial charge in [-0.25, -0.2) is 0 Å². The number of carboxylic acid groups (broad SMARTS) is 2. The molecule has 13 heavy (non-hydrogen) atoms. The van der Waals surface area contributed by atoms with Crippen molar-refractivity contribution in [2.75, 3.05) is 26.2 Å². The van der Waals surface area contributed by atoms with Crippen LogP contribution in [-0.4, -0.2) is 48.3 Å². The predicted octanol–water partition coefficient (Wildman–Crippen LogP) is -4.55. The Hall–Kier alpha value is -0.140. The summed E-state index contributed by atoms with van der Waals surface area (Å²) in [5.74, 6) is -1.85. The van der Waals surface area contributed by atoms with Gasteiger partial charge in [0.2, 0.25) is 0 Å². The molecule has 0 heterocycles. The molecule has 4 N–H and O–H groups in total. The molecule has 0 amide bonds. The van der Waals surface area contributed by atoms with Crippen LogP contribution < -0.4 is 40.2 Å². The summed E-state index contributed by atoms with van der Waals surface area (Å²) in [6.45, 7) is 0.683. The molecule has 0 fully saturated rings. The average Bonchev–Trinajstić information content (AvgIpc) is 1.95. The second-order valence-corrected chi connectivity index (χ2v) is 2.14. The Morgan fingerprint density at radius 1 is 1.00 bits per heavy atom. The zero-order chi connectivity index (χ0) is 9.40. The Morgan fingerprint density at radius 2 is 1.31 bits per heavy atom. The molecule has 0 aromatic heterocycles. The number of carbonyl (C=O) groups is 2. The van der Waals surface area contributed by atoms with Crippen LogP contribution in [0.3, 0.4) is 0 Å². The maximum absolute atomic E-state index is 9.96. The van der Waals surface area contributed by atoms with Crippen molar-refractivity contribution in [1.82, 2.24) is 10.6 Å². The fraction of sp³-hybridized carbons (Fsp3) is 0.667. The SMILES string of the molecule is O=C(O)CNCCNCC(=O)O.[H-].[Na+]. The largest absolute Gasteiger partial charge is 1.00 e. The molecule has 0 aliphatic heterocycles. The maximum atomic E-state index is 9.96. The van der Waals surface area contributed by atoms with E-state index in [9.17, 15) is 9.59 Å². The summed E-state index contributed by atoms with van der Waals surface area (Å²) >= 11 is 0. The van der Waals surface area contributed by atoms with Crippen molar-refractivity contribution < 1.29 is 50.8 Å². The van der Waals surface area contributed by atoms with Crippen molar-refractivity contribution in [2.24, 2.45) is 0 Å². The molecule has 0 bridgehead atoms. The molecule has 0 radical (unpaired) electrons. The number of rotatable bonds is 7. The topological polar surface area (TPSA) is 98.7 Å². The van der Waals surface area contributed by atoms with Gasteiger partial charge in [-0.1, -0.05) is 0 Å². The van der Waals surface area contributed by atoms with Crippen LogP contribution in [0.25, 0.3) is 0 Å². The van der Waals surface area contributed by atoms with Crippen molar-refractivity contribution in [3.63, 3.8) is 0 Å². The molecule has 0 aliphatic carbocycles. The van der Waals surface area contributed by atoms with Gasteiger partial charge in [0.15, 0.2) is 0 Å². The number of carboxylic acids is 2. The normalized spacial score (nSPS) is 8.92. The van der Waals surface area contributed by atoms with Gasteiger partial charge in [0.1, 0.15) is 0 Å². The van der Waals surface area contributed by atoms with E-state index in [-0.39, 0.29) is 44.1 Å². The van der Waals surface area contributed by atoms with Gasteiger partial charge in [-0.15, -0.1) is 0 Å². The zero-order valence-corrected chi connectivity index (χ0v) is 9.54. The molecule has 0 rings (SSSR count). The van der Waals surface area contributed by atoms with Crippen LogP contribution in [0.5, 0.6) is 0 Å². The van der Waals surface area contributed by atoms with Crippen LogP contribution in [0.4, 0.5) is 0 Å². The zero-order valence-electron chi connectivity index (χ0n) is 8.54. The van der Waals surface area contributed by atoms with Gasteiger partial charge < -0.3 is 22.3 Å². The number of hydrogen-bond acceptors (Lipinski definition) is 4. The third-order valence-corrected chi connectivity index (χ3v) is 1.03. The van der Waals surface area contributed by atoms with Crippen LogP contribution in [-0.2, 0) is 9.59 Å². The van der Waals surface area contributed by atoms with Crippen LogP contribution in [0.1, 0.15) is 1.43 Å². The van der Waals surface area contributed by atoms with E-state index >= 15 is 0 Å². The summed E-state index contributed by atoms with van der Waals surface area (Å²) in [6, 6.07) is 0. The van der Waals surface area contributed by atoms with E-state index in [1.54, 1.807) is 0 Å². The Kier molecular flexibility index (Phi) is 11.7. The summed E-state index contributed by atoms with van der Waals surface area (Å²) in [7, 11) is 0. The minimum absolute atomic E-state index is 0. The van der Waals surface area contributed by atoms with Gasteiger partial charge >= 0.3 is 41.5 Å². The van der Waals surface area contributed by atoms with E-state index in [2.05, 4.69) is 10.6 Å². The second kappa shape index (κ2) is 9.94. The quantitative estimate of drug-likeness (QED) is 0.244. The Bertz CT molecular complexity index is 152. The van der Waals surface area contributed by atoms with Crippen molar-refractivity contribution in [2.45, 2.75) is 0 Å². The molecule has 0 saturated carbocycles. The summed E-state index contributed by atoms with van der Waals surface area (Å²) in [6.07, 6.45) is 0. The molecule has 7 heteroatoms. The Morgan fingerprint density at radius 3 is 1.54 bits per heavy atom. The van der Waals surface area contributed by atoms with E-state index in [4.69, 9.17) is 10.2 Å². The first kappa shape index (κ1) is 15.3. The molecule has 6 nitrogen and oxygen atoms in total. The number of nitrogens with one attached hydrogen (secondary N) is 2. The molecule has 0 saturated heterocycles. The molecule has 0 aromatic rings. The fourth-order valence-electron chi connectivity index (χ4n) is 0.567. The molecule has 0 spiro atoms. The van der Waals surface area contributed by atoms with Crippen molar-refractivity contribution in [1.29, 1.82) is 0 Å². The first-order valence-electron chi connectivity index (χ1n) is 3.48. The molecule has 0 atom stereocenters. The van der Waals surface area contributed by atoms with Crippen LogP contribution in [0, 0.1) is 0 Å². The number of aliphatic carboxylic acids is 2. The van der Waals surface area contributed by atoms with Crippen LogP contribution >= 0.6 is 0 Å². The maximum Gasteiger partial charge on any atom is 1.00 e. The first-order valence-corrected chi connectivity index (χ1v) is 3.48. The van der Waals surface area contributed by atoms with Gasteiger partial charge in [-0.3, -0.25) is 9.59 Å². The fourth-order valence-corrected chi connectivity index (χ4v) is 0.567. The molecule has 0 aliphatic rings. The van der Waals surface area contributed by atoms with E-state index in [1.165, 1.54) is 0 Å². The van der Waals surface area contributed by atoms with Gasteiger partial charge in [0, 0.05) is 13.1 Å². The van der Waals surface area contributed by atoms with Crippen LogP contribution in [0.15, 0.2) is 0 Å². The second-order valence-electron chi connectivity index (χ2n) is 2.14. The summed E-state index contributed by atoms with van der Waals surface area (Å²) in [4.78, 5) is 19.9. The monoisotopic (exact) mass is 200 g/mol. The van der Waals surface area contributed by atoms with Gasteiger partial charge in [0.05, 0.1) is 13.1 Å². The van der Waals surface area contributed by atoms with Crippen molar-refractivity contribution in [3.8, 4) is 0 Å². The summed E-state index contributed by atoms with van der Waals surface area (Å²) in [5.41, 5.74) is 0. The van der Waals surface area contributed by atoms with E-state index < -0.39 is 11.9 Å². The number of hydrogen-bond donors (Lipinski definition) is 4. The van der Waals surface area contributed by atoms with Gasteiger partial charge in [0.25, 0.3) is 0 Å². The molecule has 72 valence electrons. The third-order valence-electron chi connectivity index (χ3n) is 1.03. The van der Waals surface area contributed by atoms with Crippen LogP contribution in [0.2, 0.25) is 0 Å². The van der Waals surface area contributed by atoms with Crippen molar-refractivity contribution >= 4 is 11.9 Å². The molecule has 0 aromatic carbocycles. The van der Waals surface area contributed by atoms with Gasteiger partial charge in [-0.2, -0.15) is 0 Å². The molecular formula is C6H13N2NaO4. The third kappa shape index (κ3) is 14.7. The summed E-state index contributed by atoms with van der Waals surface area (Å²) in [5, 5.41) is 21.6. The Labute approximate surface area is 99.5 Å². The average molecular weight is 200 g/mol. The minimum Gasteiger partial charge on any atom is -1.00 e. The van der Waals surface area contributed by atoms with E-state index in [0.717, 1.165) is 0 Å². The van der Waals surface area contributed by atoms with Gasteiger partial charge in [-0.05, 0) is 0 Å². The first-order chi connectivity index (χ1) is 5.63. The van der Waals surface area contributed by atoms with E-state index in [0.29, 0.717) is 13.1 Å². The minimum atomic E-state index is -0.923. The molecule has 0 unspecified atom stereocenters. The Balaban J connectivity index is -0.000000605. The van der Waals surface area contributed by atoms with Crippen molar-refractivity contribution in [3.05, 3.63) is 0 Å².